The lowest BCUT2D eigenvalue weighted by Crippen LogP contribution is -2.24. The second-order valence-electron chi connectivity index (χ2n) is 6.76. The van der Waals surface area contributed by atoms with E-state index in [-0.39, 0.29) is 23.4 Å². The van der Waals surface area contributed by atoms with Crippen LogP contribution in [0.25, 0.3) is 6.08 Å². The van der Waals surface area contributed by atoms with Gasteiger partial charge in [-0.3, -0.25) is 9.59 Å². The number of amides is 2. The first-order valence-electron chi connectivity index (χ1n) is 9.42. The van der Waals surface area contributed by atoms with Crippen molar-refractivity contribution in [1.29, 1.82) is 0 Å². The molecule has 2 amide bonds. The van der Waals surface area contributed by atoms with Crippen molar-refractivity contribution in [2.75, 3.05) is 19.0 Å². The van der Waals surface area contributed by atoms with Gasteiger partial charge in [0, 0.05) is 38.4 Å². The first kappa shape index (κ1) is 21.9. The summed E-state index contributed by atoms with van der Waals surface area (Å²) in [6, 6.07) is 7.32. The molecule has 0 aliphatic carbocycles. The van der Waals surface area contributed by atoms with Crippen molar-refractivity contribution in [1.82, 2.24) is 9.88 Å². The lowest BCUT2D eigenvalue weighted by molar-refractivity contribution is -0.125. The summed E-state index contributed by atoms with van der Waals surface area (Å²) in [6.45, 7) is 6.40. The van der Waals surface area contributed by atoms with Crippen LogP contribution in [0.3, 0.4) is 0 Å². The summed E-state index contributed by atoms with van der Waals surface area (Å²) in [5.74, 6) is 0.211. The molecule has 2 N–H and O–H groups in total. The number of carbonyl (C=O) groups excluding carboxylic acids is 2. The number of carbonyl (C=O) groups is 2. The maximum absolute atomic E-state index is 12.5. The monoisotopic (exact) mass is 397 g/mol. The summed E-state index contributed by atoms with van der Waals surface area (Å²) in [5, 5.41) is 12.3. The number of aryl methyl sites for hydroxylation is 1. The summed E-state index contributed by atoms with van der Waals surface area (Å²) in [7, 11) is 1.72. The van der Waals surface area contributed by atoms with E-state index in [0.29, 0.717) is 18.7 Å². The lowest BCUT2D eigenvalue weighted by atomic mass is 10.1. The van der Waals surface area contributed by atoms with Crippen molar-refractivity contribution >= 4 is 23.7 Å². The van der Waals surface area contributed by atoms with E-state index in [0.717, 1.165) is 23.3 Å². The van der Waals surface area contributed by atoms with Gasteiger partial charge in [-0.05, 0) is 36.6 Å². The van der Waals surface area contributed by atoms with Gasteiger partial charge in [-0.2, -0.15) is 0 Å². The van der Waals surface area contributed by atoms with Crippen molar-refractivity contribution in [3.05, 3.63) is 53.2 Å². The van der Waals surface area contributed by atoms with Crippen molar-refractivity contribution in [3.8, 4) is 11.5 Å². The van der Waals surface area contributed by atoms with Crippen LogP contribution >= 0.6 is 0 Å². The quantitative estimate of drug-likeness (QED) is 0.665. The molecule has 1 aromatic carbocycles. The molecule has 0 saturated heterocycles. The molecule has 154 valence electrons. The Labute approximate surface area is 171 Å². The number of benzene rings is 1. The second kappa shape index (κ2) is 10.3. The van der Waals surface area contributed by atoms with E-state index in [4.69, 9.17) is 4.74 Å². The number of aromatic hydroxyl groups is 1. The maximum atomic E-state index is 12.5. The minimum absolute atomic E-state index is 0.0807. The van der Waals surface area contributed by atoms with Crippen LogP contribution in [-0.2, 0) is 16.1 Å². The van der Waals surface area contributed by atoms with Crippen LogP contribution in [0.4, 0.5) is 5.82 Å². The van der Waals surface area contributed by atoms with Gasteiger partial charge in [0.2, 0.25) is 11.8 Å². The number of nitrogens with one attached hydrogen (secondary N) is 1. The van der Waals surface area contributed by atoms with Gasteiger partial charge in [-0.25, -0.2) is 4.98 Å². The first-order valence-corrected chi connectivity index (χ1v) is 9.42. The lowest BCUT2D eigenvalue weighted by Gasteiger charge is -2.19. The molecule has 0 fully saturated rings. The highest BCUT2D eigenvalue weighted by atomic mass is 16.5. The highest BCUT2D eigenvalue weighted by Gasteiger charge is 2.12. The number of aromatic nitrogens is 1. The number of hydrogen-bond acceptors (Lipinski definition) is 5. The molecule has 0 aliphatic heterocycles. The van der Waals surface area contributed by atoms with Crippen molar-refractivity contribution < 1.29 is 19.4 Å². The summed E-state index contributed by atoms with van der Waals surface area (Å²) < 4.78 is 5.86. The number of hydrogen-bond donors (Lipinski definition) is 2. The van der Waals surface area contributed by atoms with E-state index in [9.17, 15) is 14.7 Å². The number of likely N-dealkylation sites (N-methyl/N-ethyl adjacent to an activating group) is 1. The molecule has 0 unspecified atom stereocenters. The van der Waals surface area contributed by atoms with Crippen molar-refractivity contribution in [2.24, 2.45) is 0 Å². The van der Waals surface area contributed by atoms with Gasteiger partial charge in [0.1, 0.15) is 5.75 Å². The third kappa shape index (κ3) is 6.34. The van der Waals surface area contributed by atoms with Gasteiger partial charge < -0.3 is 20.1 Å². The van der Waals surface area contributed by atoms with E-state index in [2.05, 4.69) is 10.3 Å². The van der Waals surface area contributed by atoms with E-state index < -0.39 is 0 Å². The van der Waals surface area contributed by atoms with Crippen LogP contribution in [0, 0.1) is 6.92 Å². The van der Waals surface area contributed by atoms with E-state index in [1.54, 1.807) is 18.0 Å². The van der Waals surface area contributed by atoms with E-state index >= 15 is 0 Å². The molecule has 0 saturated carbocycles. The fourth-order valence-electron chi connectivity index (χ4n) is 2.70. The molecule has 7 heteroatoms. The van der Waals surface area contributed by atoms with E-state index in [1.807, 2.05) is 32.0 Å². The van der Waals surface area contributed by atoms with Gasteiger partial charge in [0.25, 0.3) is 0 Å². The predicted molar refractivity (Wildman–Crippen MR) is 113 cm³/mol. The molecule has 2 aromatic rings. The second-order valence-corrected chi connectivity index (χ2v) is 6.76. The third-order valence-corrected chi connectivity index (χ3v) is 4.13. The van der Waals surface area contributed by atoms with Crippen LogP contribution in [0.15, 0.2) is 36.5 Å². The fourth-order valence-corrected chi connectivity index (χ4v) is 2.70. The van der Waals surface area contributed by atoms with Gasteiger partial charge in [0.15, 0.2) is 11.6 Å². The fraction of sp³-hybridized carbons (Fsp3) is 0.318. The van der Waals surface area contributed by atoms with Gasteiger partial charge in [-0.15, -0.1) is 0 Å². The Morgan fingerprint density at radius 3 is 2.76 bits per heavy atom. The standard InChI is InChI=1S/C22H27N3O4/c1-5-11-29-21-15(2)7-6-8-18(21)14-25(4)20(28)10-9-17-12-19(27)22(23-13-17)24-16(3)26/h6-10,12-13,27H,5,11,14H2,1-4H3,(H,23,24,26)/b10-9+. The molecule has 2 rings (SSSR count). The zero-order chi connectivity index (χ0) is 21.4. The number of nitrogens with zero attached hydrogens (tertiary/aromatic N) is 2. The Kier molecular flexibility index (Phi) is 7.77. The minimum Gasteiger partial charge on any atom is -0.504 e. The molecule has 1 aromatic heterocycles. The van der Waals surface area contributed by atoms with Crippen LogP contribution in [0.1, 0.15) is 37.0 Å². The number of anilines is 1. The molecule has 0 atom stereocenters. The van der Waals surface area contributed by atoms with Crippen LogP contribution in [-0.4, -0.2) is 40.5 Å². The van der Waals surface area contributed by atoms with Gasteiger partial charge in [-0.1, -0.05) is 25.1 Å². The molecule has 1 heterocycles. The third-order valence-electron chi connectivity index (χ3n) is 4.13. The topological polar surface area (TPSA) is 91.8 Å². The molecular weight excluding hydrogens is 370 g/mol. The van der Waals surface area contributed by atoms with Gasteiger partial charge >= 0.3 is 0 Å². The van der Waals surface area contributed by atoms with Crippen LogP contribution in [0.5, 0.6) is 11.5 Å². The first-order chi connectivity index (χ1) is 13.8. The largest absolute Gasteiger partial charge is 0.504 e. The Morgan fingerprint density at radius 1 is 1.34 bits per heavy atom. The minimum atomic E-state index is -0.327. The molecular formula is C22H27N3O4. The number of pyridine rings is 1. The molecule has 7 nitrogen and oxygen atoms in total. The highest BCUT2D eigenvalue weighted by Crippen LogP contribution is 2.25. The van der Waals surface area contributed by atoms with Crippen molar-refractivity contribution in [3.63, 3.8) is 0 Å². The van der Waals surface area contributed by atoms with Crippen molar-refractivity contribution in [2.45, 2.75) is 33.7 Å². The van der Waals surface area contributed by atoms with Gasteiger partial charge in [0.05, 0.1) is 6.61 Å². The Morgan fingerprint density at radius 2 is 2.10 bits per heavy atom. The Bertz CT molecular complexity index is 909. The highest BCUT2D eigenvalue weighted by molar-refractivity contribution is 5.92. The normalized spacial score (nSPS) is 10.8. The zero-order valence-electron chi connectivity index (χ0n) is 17.2. The summed E-state index contributed by atoms with van der Waals surface area (Å²) in [5.41, 5.74) is 2.52. The summed E-state index contributed by atoms with van der Waals surface area (Å²) in [4.78, 5) is 29.1. The molecule has 29 heavy (non-hydrogen) atoms. The Hall–Kier alpha value is -3.35. The summed E-state index contributed by atoms with van der Waals surface area (Å²) >= 11 is 0. The zero-order valence-corrected chi connectivity index (χ0v) is 17.2. The molecule has 0 aliphatic rings. The van der Waals surface area contributed by atoms with Crippen LogP contribution < -0.4 is 10.1 Å². The maximum Gasteiger partial charge on any atom is 0.246 e. The average Bonchev–Trinajstić information content (AvgIpc) is 2.67. The number of rotatable bonds is 8. The smallest absolute Gasteiger partial charge is 0.246 e. The summed E-state index contributed by atoms with van der Waals surface area (Å²) in [6.07, 6.45) is 5.35. The number of ether oxygens (including phenoxy) is 1. The van der Waals surface area contributed by atoms with E-state index in [1.165, 1.54) is 25.3 Å². The van der Waals surface area contributed by atoms with Crippen LogP contribution in [0.2, 0.25) is 0 Å². The number of para-hydroxylation sites is 1. The molecule has 0 radical (unpaired) electrons. The predicted octanol–water partition coefficient (Wildman–Crippen LogP) is 3.51. The SMILES string of the molecule is CCCOc1c(C)cccc1CN(C)C(=O)/C=C/c1cnc(NC(C)=O)c(O)c1. The average molecular weight is 397 g/mol. The molecule has 0 bridgehead atoms. The molecule has 0 spiro atoms. The Balaban J connectivity index is 2.07.